The Morgan fingerprint density at radius 1 is 1.67 bits per heavy atom. The molecule has 0 aromatic heterocycles. The minimum atomic E-state index is -0.334. The molecule has 2 rings (SSSR count). The van der Waals surface area contributed by atoms with Crippen molar-refractivity contribution in [3.05, 3.63) is 0 Å². The topological polar surface area (TPSA) is 52.6 Å². The average molecular weight is 277 g/mol. The molecule has 2 N–H and O–H groups in total. The molecule has 2 fully saturated rings. The van der Waals surface area contributed by atoms with Crippen molar-refractivity contribution >= 4 is 21.8 Å². The van der Waals surface area contributed by atoms with Crippen molar-refractivity contribution in [1.29, 1.82) is 0 Å². The van der Waals surface area contributed by atoms with Crippen molar-refractivity contribution in [1.82, 2.24) is 10.2 Å². The molecule has 0 aromatic carbocycles. The summed E-state index contributed by atoms with van der Waals surface area (Å²) in [6.07, 6.45) is 1.72. The lowest BCUT2D eigenvalue weighted by Crippen LogP contribution is -2.48. The van der Waals surface area contributed by atoms with Crippen molar-refractivity contribution in [2.45, 2.75) is 25.0 Å². The van der Waals surface area contributed by atoms with Gasteiger partial charge >= 0.3 is 0 Å². The molecule has 0 spiro atoms. The number of aliphatic hydroxyl groups excluding tert-OH is 1. The Hall–Kier alpha value is -0.130. The van der Waals surface area contributed by atoms with Crippen LogP contribution >= 0.6 is 15.9 Å². The SMILES string of the molecule is O=C1NCC2C1CCCN2CC(O)CBr. The fourth-order valence-corrected chi connectivity index (χ4v) is 2.79. The third-order valence-electron chi connectivity index (χ3n) is 3.34. The van der Waals surface area contributed by atoms with E-state index in [1.54, 1.807) is 0 Å². The summed E-state index contributed by atoms with van der Waals surface area (Å²) in [5, 5.41) is 13.1. The fourth-order valence-electron chi connectivity index (χ4n) is 2.59. The first-order chi connectivity index (χ1) is 7.22. The molecular formula is C10H17BrN2O2. The minimum Gasteiger partial charge on any atom is -0.391 e. The highest BCUT2D eigenvalue weighted by Crippen LogP contribution is 2.27. The maximum absolute atomic E-state index is 11.5. The summed E-state index contributed by atoms with van der Waals surface area (Å²) in [5.74, 6) is 0.347. The van der Waals surface area contributed by atoms with E-state index in [1.807, 2.05) is 0 Å². The molecule has 5 heteroatoms. The van der Waals surface area contributed by atoms with Gasteiger partial charge < -0.3 is 10.4 Å². The molecule has 0 aliphatic carbocycles. The molecule has 0 saturated carbocycles. The van der Waals surface area contributed by atoms with Gasteiger partial charge in [-0.15, -0.1) is 0 Å². The second-order valence-corrected chi connectivity index (χ2v) is 5.01. The number of β-amino-alcohol motifs (C(OH)–C–C–N with tert-alkyl or cyclic N) is 1. The van der Waals surface area contributed by atoms with Crippen LogP contribution in [0.4, 0.5) is 0 Å². The predicted molar refractivity (Wildman–Crippen MR) is 60.9 cm³/mol. The van der Waals surface area contributed by atoms with Gasteiger partial charge in [0.05, 0.1) is 12.0 Å². The van der Waals surface area contributed by atoms with E-state index in [-0.39, 0.29) is 17.9 Å². The highest BCUT2D eigenvalue weighted by atomic mass is 79.9. The summed E-state index contributed by atoms with van der Waals surface area (Å²) in [7, 11) is 0. The Morgan fingerprint density at radius 2 is 2.47 bits per heavy atom. The van der Waals surface area contributed by atoms with E-state index < -0.39 is 0 Å². The lowest BCUT2D eigenvalue weighted by Gasteiger charge is -2.36. The molecule has 4 nitrogen and oxygen atoms in total. The van der Waals surface area contributed by atoms with Crippen LogP contribution in [0, 0.1) is 5.92 Å². The zero-order chi connectivity index (χ0) is 10.8. The quantitative estimate of drug-likeness (QED) is 0.711. The van der Waals surface area contributed by atoms with E-state index >= 15 is 0 Å². The first-order valence-electron chi connectivity index (χ1n) is 5.48. The molecule has 1 amide bonds. The molecule has 0 aromatic rings. The van der Waals surface area contributed by atoms with Crippen LogP contribution in [0.3, 0.4) is 0 Å². The number of nitrogens with zero attached hydrogens (tertiary/aromatic N) is 1. The summed E-state index contributed by atoms with van der Waals surface area (Å²) < 4.78 is 0. The zero-order valence-corrected chi connectivity index (χ0v) is 10.2. The van der Waals surface area contributed by atoms with Crippen LogP contribution in [0.2, 0.25) is 0 Å². The van der Waals surface area contributed by atoms with E-state index in [9.17, 15) is 9.90 Å². The number of alkyl halides is 1. The largest absolute Gasteiger partial charge is 0.391 e. The summed E-state index contributed by atoms with van der Waals surface area (Å²) in [6.45, 7) is 2.42. The molecule has 0 radical (unpaired) electrons. The molecule has 3 unspecified atom stereocenters. The number of hydrogen-bond donors (Lipinski definition) is 2. The van der Waals surface area contributed by atoms with Crippen molar-refractivity contribution < 1.29 is 9.90 Å². The van der Waals surface area contributed by atoms with E-state index in [2.05, 4.69) is 26.1 Å². The van der Waals surface area contributed by atoms with Crippen molar-refractivity contribution in [2.24, 2.45) is 5.92 Å². The molecule has 0 bridgehead atoms. The smallest absolute Gasteiger partial charge is 0.224 e. The van der Waals surface area contributed by atoms with Gasteiger partial charge in [0.1, 0.15) is 0 Å². The maximum Gasteiger partial charge on any atom is 0.224 e. The van der Waals surface area contributed by atoms with Crippen LogP contribution < -0.4 is 5.32 Å². The van der Waals surface area contributed by atoms with Crippen LogP contribution in [0.25, 0.3) is 0 Å². The first-order valence-corrected chi connectivity index (χ1v) is 6.60. The first kappa shape index (κ1) is 11.4. The second kappa shape index (κ2) is 4.80. The normalized spacial score (nSPS) is 33.6. The third-order valence-corrected chi connectivity index (χ3v) is 4.09. The number of nitrogens with one attached hydrogen (secondary N) is 1. The van der Waals surface area contributed by atoms with E-state index in [0.29, 0.717) is 17.9 Å². The summed E-state index contributed by atoms with van der Waals surface area (Å²) >= 11 is 3.27. The molecule has 2 aliphatic rings. The lowest BCUT2D eigenvalue weighted by molar-refractivity contribution is -0.124. The number of aliphatic hydroxyl groups is 1. The van der Waals surface area contributed by atoms with E-state index in [0.717, 1.165) is 25.9 Å². The predicted octanol–water partition coefficient (Wildman–Crippen LogP) is -0.0474. The number of carbonyl (C=O) groups excluding carboxylic acids is 1. The van der Waals surface area contributed by atoms with Crippen LogP contribution in [-0.4, -0.2) is 53.0 Å². The van der Waals surface area contributed by atoms with Crippen LogP contribution in [-0.2, 0) is 4.79 Å². The molecule has 2 aliphatic heterocycles. The van der Waals surface area contributed by atoms with E-state index in [4.69, 9.17) is 0 Å². The lowest BCUT2D eigenvalue weighted by atomic mass is 9.91. The van der Waals surface area contributed by atoms with Crippen LogP contribution in [0.15, 0.2) is 0 Å². The highest BCUT2D eigenvalue weighted by Gasteiger charge is 2.40. The number of carbonyl (C=O) groups is 1. The van der Waals surface area contributed by atoms with Gasteiger partial charge in [0.25, 0.3) is 0 Å². The number of piperidine rings is 1. The zero-order valence-electron chi connectivity index (χ0n) is 8.66. The van der Waals surface area contributed by atoms with Gasteiger partial charge in [-0.25, -0.2) is 0 Å². The Bertz CT molecular complexity index is 250. The Kier molecular flexibility index (Phi) is 3.64. The summed E-state index contributed by atoms with van der Waals surface area (Å²) in [5.41, 5.74) is 0. The van der Waals surface area contributed by atoms with Gasteiger partial charge in [-0.05, 0) is 19.4 Å². The summed E-state index contributed by atoms with van der Waals surface area (Å²) in [4.78, 5) is 13.7. The highest BCUT2D eigenvalue weighted by molar-refractivity contribution is 9.09. The molecule has 2 heterocycles. The number of likely N-dealkylation sites (tertiary alicyclic amines) is 1. The molecular weight excluding hydrogens is 260 g/mol. The van der Waals surface area contributed by atoms with Crippen molar-refractivity contribution in [3.63, 3.8) is 0 Å². The Morgan fingerprint density at radius 3 is 3.20 bits per heavy atom. The number of fused-ring (bicyclic) bond motifs is 1. The number of halogens is 1. The Labute approximate surface area is 98.1 Å². The van der Waals surface area contributed by atoms with Gasteiger partial charge in [-0.2, -0.15) is 0 Å². The number of rotatable bonds is 3. The molecule has 15 heavy (non-hydrogen) atoms. The Balaban J connectivity index is 1.97. The monoisotopic (exact) mass is 276 g/mol. The van der Waals surface area contributed by atoms with Gasteiger partial charge in [0.15, 0.2) is 0 Å². The van der Waals surface area contributed by atoms with Crippen molar-refractivity contribution in [3.8, 4) is 0 Å². The maximum atomic E-state index is 11.5. The van der Waals surface area contributed by atoms with Gasteiger partial charge in [-0.1, -0.05) is 15.9 Å². The minimum absolute atomic E-state index is 0.154. The summed E-state index contributed by atoms with van der Waals surface area (Å²) in [6, 6.07) is 0.306. The second-order valence-electron chi connectivity index (χ2n) is 4.36. The number of amides is 1. The average Bonchev–Trinajstić information content (AvgIpc) is 2.62. The van der Waals surface area contributed by atoms with Gasteiger partial charge in [0, 0.05) is 24.5 Å². The third kappa shape index (κ3) is 2.34. The number of hydrogen-bond acceptors (Lipinski definition) is 3. The van der Waals surface area contributed by atoms with Gasteiger partial charge in [-0.3, -0.25) is 9.69 Å². The molecule has 86 valence electrons. The van der Waals surface area contributed by atoms with Crippen LogP contribution in [0.5, 0.6) is 0 Å². The fraction of sp³-hybridized carbons (Fsp3) is 0.900. The molecule has 3 atom stereocenters. The van der Waals surface area contributed by atoms with Crippen LogP contribution in [0.1, 0.15) is 12.8 Å². The molecule has 2 saturated heterocycles. The van der Waals surface area contributed by atoms with Crippen molar-refractivity contribution in [2.75, 3.05) is 25.0 Å². The van der Waals surface area contributed by atoms with E-state index in [1.165, 1.54) is 0 Å². The van der Waals surface area contributed by atoms with Gasteiger partial charge in [0.2, 0.25) is 5.91 Å². The standard InChI is InChI=1S/C10H17BrN2O2/c11-4-7(14)6-13-3-1-2-8-9(13)5-12-10(8)15/h7-9,14H,1-6H2,(H,12,15).